The zero-order chi connectivity index (χ0) is 20.8. The number of hydrogen-bond donors (Lipinski definition) is 1. The molecule has 1 N–H and O–H groups in total. The van der Waals surface area contributed by atoms with Crippen molar-refractivity contribution in [1.29, 1.82) is 0 Å². The first kappa shape index (κ1) is 20.3. The highest BCUT2D eigenvalue weighted by Gasteiger charge is 2.13. The Hall–Kier alpha value is -3.03. The second kappa shape index (κ2) is 9.65. The number of amides is 1. The molecule has 7 heteroatoms. The van der Waals surface area contributed by atoms with Crippen LogP contribution in [0.4, 0.5) is 0 Å². The predicted octanol–water partition coefficient (Wildman–Crippen LogP) is 3.16. The third-order valence-electron chi connectivity index (χ3n) is 5.23. The molecular weight excluding hydrogens is 380 g/mol. The van der Waals surface area contributed by atoms with Gasteiger partial charge >= 0.3 is 0 Å². The topological polar surface area (TPSA) is 80.5 Å². The molecule has 1 aromatic heterocycles. The van der Waals surface area contributed by atoms with E-state index in [1.807, 2.05) is 43.3 Å². The summed E-state index contributed by atoms with van der Waals surface area (Å²) in [5, 5.41) is 11.3. The highest BCUT2D eigenvalue weighted by Crippen LogP contribution is 2.26. The summed E-state index contributed by atoms with van der Waals surface area (Å²) in [6.07, 6.45) is 0.924. The molecule has 0 atom stereocenters. The number of morpholine rings is 1. The van der Waals surface area contributed by atoms with Gasteiger partial charge in [-0.05, 0) is 55.8 Å². The van der Waals surface area contributed by atoms with Gasteiger partial charge in [-0.15, -0.1) is 10.2 Å². The summed E-state index contributed by atoms with van der Waals surface area (Å²) in [5.74, 6) is 0.852. The summed E-state index contributed by atoms with van der Waals surface area (Å²) in [4.78, 5) is 14.7. The first-order valence-corrected chi connectivity index (χ1v) is 10.3. The summed E-state index contributed by atoms with van der Waals surface area (Å²) < 4.78 is 11.2. The third-order valence-corrected chi connectivity index (χ3v) is 5.23. The predicted molar refractivity (Wildman–Crippen MR) is 114 cm³/mol. The van der Waals surface area contributed by atoms with Crippen LogP contribution in [-0.2, 0) is 4.74 Å². The lowest BCUT2D eigenvalue weighted by Crippen LogP contribution is -2.38. The van der Waals surface area contributed by atoms with Crippen LogP contribution in [0.1, 0.15) is 22.3 Å². The van der Waals surface area contributed by atoms with Crippen molar-refractivity contribution >= 4 is 5.91 Å². The highest BCUT2D eigenvalue weighted by molar-refractivity contribution is 5.94. The van der Waals surface area contributed by atoms with Crippen molar-refractivity contribution in [3.8, 4) is 22.9 Å². The van der Waals surface area contributed by atoms with E-state index in [4.69, 9.17) is 9.15 Å². The summed E-state index contributed by atoms with van der Waals surface area (Å²) in [6, 6.07) is 15.1. The van der Waals surface area contributed by atoms with Crippen molar-refractivity contribution in [2.24, 2.45) is 0 Å². The molecule has 1 aliphatic heterocycles. The van der Waals surface area contributed by atoms with Gasteiger partial charge in [0.1, 0.15) is 0 Å². The van der Waals surface area contributed by atoms with Crippen molar-refractivity contribution < 1.29 is 13.9 Å². The van der Waals surface area contributed by atoms with Crippen LogP contribution in [0, 0.1) is 6.92 Å². The van der Waals surface area contributed by atoms with Crippen molar-refractivity contribution in [1.82, 2.24) is 20.4 Å². The van der Waals surface area contributed by atoms with E-state index >= 15 is 0 Å². The van der Waals surface area contributed by atoms with Crippen LogP contribution in [0.3, 0.4) is 0 Å². The van der Waals surface area contributed by atoms with E-state index in [2.05, 4.69) is 20.4 Å². The fourth-order valence-electron chi connectivity index (χ4n) is 3.46. The van der Waals surface area contributed by atoms with E-state index < -0.39 is 0 Å². The van der Waals surface area contributed by atoms with Crippen molar-refractivity contribution in [2.45, 2.75) is 13.3 Å². The van der Waals surface area contributed by atoms with Gasteiger partial charge in [-0.2, -0.15) is 0 Å². The third kappa shape index (κ3) is 4.93. The number of nitrogens with zero attached hydrogens (tertiary/aromatic N) is 3. The molecule has 1 saturated heterocycles. The molecule has 1 amide bonds. The van der Waals surface area contributed by atoms with Crippen LogP contribution < -0.4 is 5.32 Å². The SMILES string of the molecule is Cc1ccccc1-c1nnc(-c2ccc(C(=O)NCCCN3CCOCC3)cc2)o1. The van der Waals surface area contributed by atoms with Crippen LogP contribution in [0.5, 0.6) is 0 Å². The molecule has 0 bridgehead atoms. The number of benzene rings is 2. The lowest BCUT2D eigenvalue weighted by molar-refractivity contribution is 0.0374. The van der Waals surface area contributed by atoms with Crippen LogP contribution in [0.15, 0.2) is 52.9 Å². The van der Waals surface area contributed by atoms with Gasteiger partial charge in [0, 0.05) is 36.3 Å². The first-order valence-electron chi connectivity index (χ1n) is 10.3. The normalized spacial score (nSPS) is 14.6. The molecule has 0 radical (unpaired) electrons. The van der Waals surface area contributed by atoms with Crippen molar-refractivity contribution in [2.75, 3.05) is 39.4 Å². The van der Waals surface area contributed by atoms with Gasteiger partial charge in [-0.1, -0.05) is 18.2 Å². The van der Waals surface area contributed by atoms with Crippen LogP contribution in [-0.4, -0.2) is 60.4 Å². The molecule has 2 aromatic carbocycles. The number of carbonyl (C=O) groups is 1. The molecule has 30 heavy (non-hydrogen) atoms. The maximum atomic E-state index is 12.4. The Morgan fingerprint density at radius 2 is 1.77 bits per heavy atom. The molecule has 0 saturated carbocycles. The Kier molecular flexibility index (Phi) is 6.51. The quantitative estimate of drug-likeness (QED) is 0.607. The van der Waals surface area contributed by atoms with Crippen LogP contribution >= 0.6 is 0 Å². The maximum Gasteiger partial charge on any atom is 0.251 e. The lowest BCUT2D eigenvalue weighted by atomic mass is 10.1. The number of carbonyl (C=O) groups excluding carboxylic acids is 1. The lowest BCUT2D eigenvalue weighted by Gasteiger charge is -2.26. The van der Waals surface area contributed by atoms with Crippen molar-refractivity contribution in [3.05, 3.63) is 59.7 Å². The molecule has 0 aliphatic carbocycles. The average Bonchev–Trinajstić information content (AvgIpc) is 3.28. The molecule has 0 unspecified atom stereocenters. The molecule has 156 valence electrons. The number of aromatic nitrogens is 2. The number of ether oxygens (including phenoxy) is 1. The van der Waals surface area contributed by atoms with Gasteiger partial charge in [0.15, 0.2) is 0 Å². The van der Waals surface area contributed by atoms with Gasteiger partial charge in [-0.3, -0.25) is 9.69 Å². The van der Waals surface area contributed by atoms with Crippen LogP contribution in [0.25, 0.3) is 22.9 Å². The van der Waals surface area contributed by atoms with Gasteiger partial charge in [0.2, 0.25) is 11.8 Å². The summed E-state index contributed by atoms with van der Waals surface area (Å²) >= 11 is 0. The smallest absolute Gasteiger partial charge is 0.251 e. The monoisotopic (exact) mass is 406 g/mol. The number of rotatable bonds is 7. The molecular formula is C23H26N4O3. The molecule has 1 aliphatic rings. The summed E-state index contributed by atoms with van der Waals surface area (Å²) in [7, 11) is 0. The second-order valence-electron chi connectivity index (χ2n) is 7.37. The fraction of sp³-hybridized carbons (Fsp3) is 0.348. The van der Waals surface area contributed by atoms with Gasteiger partial charge < -0.3 is 14.5 Å². The average molecular weight is 406 g/mol. The number of nitrogens with one attached hydrogen (secondary N) is 1. The minimum Gasteiger partial charge on any atom is -0.416 e. The van der Waals surface area contributed by atoms with Crippen molar-refractivity contribution in [3.63, 3.8) is 0 Å². The Labute approximate surface area is 176 Å². The van der Waals surface area contributed by atoms with E-state index in [0.29, 0.717) is 23.9 Å². The summed E-state index contributed by atoms with van der Waals surface area (Å²) in [5.41, 5.74) is 3.40. The molecule has 1 fully saturated rings. The molecule has 0 spiro atoms. The Morgan fingerprint density at radius 3 is 2.53 bits per heavy atom. The Balaban J connectivity index is 1.31. The zero-order valence-electron chi connectivity index (χ0n) is 17.1. The molecule has 4 rings (SSSR count). The largest absolute Gasteiger partial charge is 0.416 e. The standard InChI is InChI=1S/C23H26N4O3/c1-17-5-2-3-6-20(17)23-26-25-22(30-23)19-9-7-18(8-10-19)21(28)24-11-4-12-27-13-15-29-16-14-27/h2-3,5-10H,4,11-16H2,1H3,(H,24,28). The van der Waals surface area contributed by atoms with Gasteiger partial charge in [-0.25, -0.2) is 0 Å². The van der Waals surface area contributed by atoms with E-state index in [0.717, 1.165) is 56.0 Å². The van der Waals surface area contributed by atoms with E-state index in [9.17, 15) is 4.79 Å². The number of hydrogen-bond acceptors (Lipinski definition) is 6. The Bertz CT molecular complexity index is 978. The number of aryl methyl sites for hydroxylation is 1. The zero-order valence-corrected chi connectivity index (χ0v) is 17.1. The molecule has 2 heterocycles. The minimum absolute atomic E-state index is 0.0744. The van der Waals surface area contributed by atoms with E-state index in [-0.39, 0.29) is 5.91 Å². The molecule has 7 nitrogen and oxygen atoms in total. The van der Waals surface area contributed by atoms with E-state index in [1.165, 1.54) is 0 Å². The second-order valence-corrected chi connectivity index (χ2v) is 7.37. The molecule has 3 aromatic rings. The van der Waals surface area contributed by atoms with Gasteiger partial charge in [0.05, 0.1) is 13.2 Å². The van der Waals surface area contributed by atoms with E-state index in [1.54, 1.807) is 12.1 Å². The fourth-order valence-corrected chi connectivity index (χ4v) is 3.46. The summed E-state index contributed by atoms with van der Waals surface area (Å²) in [6.45, 7) is 7.17. The minimum atomic E-state index is -0.0744. The van der Waals surface area contributed by atoms with Crippen LogP contribution in [0.2, 0.25) is 0 Å². The highest BCUT2D eigenvalue weighted by atomic mass is 16.5. The Morgan fingerprint density at radius 1 is 1.03 bits per heavy atom. The first-order chi connectivity index (χ1) is 14.7. The maximum absolute atomic E-state index is 12.4. The van der Waals surface area contributed by atoms with Gasteiger partial charge in [0.25, 0.3) is 5.91 Å².